The van der Waals surface area contributed by atoms with E-state index in [9.17, 15) is 9.90 Å². The van der Waals surface area contributed by atoms with Crippen LogP contribution in [-0.2, 0) is 6.54 Å². The van der Waals surface area contributed by atoms with E-state index >= 15 is 0 Å². The Hall–Kier alpha value is -2.43. The molecule has 1 heterocycles. The second-order valence-corrected chi connectivity index (χ2v) is 4.90. The number of nitrogens with two attached hydrogens (primary N) is 1. The summed E-state index contributed by atoms with van der Waals surface area (Å²) in [5.74, 6) is 0.666. The molecule has 106 valence electrons. The van der Waals surface area contributed by atoms with Gasteiger partial charge >= 0.3 is 5.97 Å². The first-order valence-corrected chi connectivity index (χ1v) is 6.28. The van der Waals surface area contributed by atoms with Crippen molar-refractivity contribution >= 4 is 17.3 Å². The van der Waals surface area contributed by atoms with Gasteiger partial charge in [-0.15, -0.1) is 0 Å². The summed E-state index contributed by atoms with van der Waals surface area (Å²) in [6.07, 6.45) is 0. The fourth-order valence-electron chi connectivity index (χ4n) is 2.07. The first kappa shape index (κ1) is 14.0. The summed E-state index contributed by atoms with van der Waals surface area (Å²) in [7, 11) is 1.88. The Bertz CT molecular complexity index is 647. The lowest BCUT2D eigenvalue weighted by molar-refractivity contribution is 0.0698. The number of furan rings is 1. The molecule has 2 aromatic rings. The predicted octanol–water partition coefficient (Wildman–Crippen LogP) is 2.81. The lowest BCUT2D eigenvalue weighted by Crippen LogP contribution is -2.17. The van der Waals surface area contributed by atoms with E-state index in [0.717, 1.165) is 22.8 Å². The fourth-order valence-corrected chi connectivity index (χ4v) is 2.07. The molecule has 0 atom stereocenters. The highest BCUT2D eigenvalue weighted by molar-refractivity contribution is 5.95. The Labute approximate surface area is 117 Å². The molecule has 1 aromatic carbocycles. The van der Waals surface area contributed by atoms with E-state index in [-0.39, 0.29) is 5.56 Å². The van der Waals surface area contributed by atoms with Crippen LogP contribution in [0.25, 0.3) is 0 Å². The van der Waals surface area contributed by atoms with Crippen LogP contribution in [0.2, 0.25) is 0 Å². The number of hydrogen-bond donors (Lipinski definition) is 2. The number of benzene rings is 1. The van der Waals surface area contributed by atoms with Crippen molar-refractivity contribution in [3.63, 3.8) is 0 Å². The molecule has 0 fully saturated rings. The van der Waals surface area contributed by atoms with Gasteiger partial charge in [-0.1, -0.05) is 0 Å². The van der Waals surface area contributed by atoms with E-state index in [4.69, 9.17) is 10.2 Å². The number of aromatic carboxylic acids is 1. The average Bonchev–Trinajstić information content (AvgIpc) is 2.77. The molecule has 1 aromatic heterocycles. The molecule has 0 radical (unpaired) electrons. The minimum Gasteiger partial charge on any atom is -0.478 e. The number of aryl methyl sites for hydroxylation is 2. The van der Waals surface area contributed by atoms with Crippen LogP contribution >= 0.6 is 0 Å². The largest absolute Gasteiger partial charge is 0.478 e. The van der Waals surface area contributed by atoms with Crippen LogP contribution in [0.5, 0.6) is 0 Å². The number of nitrogen functional groups attached to an aromatic ring is 1. The molecule has 0 spiro atoms. The van der Waals surface area contributed by atoms with E-state index < -0.39 is 5.97 Å². The molecule has 3 N–H and O–H groups in total. The van der Waals surface area contributed by atoms with Crippen molar-refractivity contribution < 1.29 is 14.3 Å². The SMILES string of the molecule is Cc1ccc(CN(C)c2cc(C)c(N)c(C(=O)O)c2)o1. The zero-order valence-electron chi connectivity index (χ0n) is 11.8. The molecule has 20 heavy (non-hydrogen) atoms. The van der Waals surface area contributed by atoms with Gasteiger partial charge in [-0.2, -0.15) is 0 Å². The Morgan fingerprint density at radius 1 is 1.35 bits per heavy atom. The summed E-state index contributed by atoms with van der Waals surface area (Å²) < 4.78 is 5.52. The van der Waals surface area contributed by atoms with Crippen LogP contribution in [0, 0.1) is 13.8 Å². The highest BCUT2D eigenvalue weighted by Gasteiger charge is 2.14. The van der Waals surface area contributed by atoms with E-state index in [1.807, 2.05) is 37.1 Å². The van der Waals surface area contributed by atoms with E-state index in [1.54, 1.807) is 13.0 Å². The van der Waals surface area contributed by atoms with Crippen LogP contribution in [0.3, 0.4) is 0 Å². The van der Waals surface area contributed by atoms with E-state index in [2.05, 4.69) is 0 Å². The van der Waals surface area contributed by atoms with Gasteiger partial charge in [0.25, 0.3) is 0 Å². The normalized spacial score (nSPS) is 10.6. The van der Waals surface area contributed by atoms with Gasteiger partial charge < -0.3 is 20.2 Å². The zero-order valence-corrected chi connectivity index (χ0v) is 11.8. The minimum atomic E-state index is -1.02. The average molecular weight is 274 g/mol. The molecule has 5 heteroatoms. The third-order valence-corrected chi connectivity index (χ3v) is 3.23. The third kappa shape index (κ3) is 2.77. The van der Waals surface area contributed by atoms with Crippen LogP contribution in [0.15, 0.2) is 28.7 Å². The molecule has 0 aliphatic carbocycles. The predicted molar refractivity (Wildman–Crippen MR) is 78.1 cm³/mol. The molecular weight excluding hydrogens is 256 g/mol. The topological polar surface area (TPSA) is 79.7 Å². The Morgan fingerprint density at radius 2 is 2.05 bits per heavy atom. The van der Waals surface area contributed by atoms with Crippen molar-refractivity contribution in [1.82, 2.24) is 0 Å². The number of carboxylic acid groups (broad SMARTS) is 1. The van der Waals surface area contributed by atoms with Crippen LogP contribution < -0.4 is 10.6 Å². The molecule has 0 saturated heterocycles. The summed E-state index contributed by atoms with van der Waals surface area (Å²) >= 11 is 0. The molecule has 0 amide bonds. The minimum absolute atomic E-state index is 0.127. The second-order valence-electron chi connectivity index (χ2n) is 4.90. The molecule has 0 aliphatic rings. The Kier molecular flexibility index (Phi) is 3.70. The molecule has 5 nitrogen and oxygen atoms in total. The molecule has 2 rings (SSSR count). The maximum atomic E-state index is 11.2. The first-order valence-electron chi connectivity index (χ1n) is 6.28. The van der Waals surface area contributed by atoms with Gasteiger partial charge in [-0.25, -0.2) is 4.79 Å². The highest BCUT2D eigenvalue weighted by Crippen LogP contribution is 2.26. The summed E-state index contributed by atoms with van der Waals surface area (Å²) in [4.78, 5) is 13.1. The first-order chi connectivity index (χ1) is 9.38. The smallest absolute Gasteiger partial charge is 0.337 e. The number of carboxylic acids is 1. The van der Waals surface area contributed by atoms with Gasteiger partial charge in [-0.3, -0.25) is 0 Å². The van der Waals surface area contributed by atoms with Crippen molar-refractivity contribution in [3.05, 3.63) is 46.9 Å². The summed E-state index contributed by atoms with van der Waals surface area (Å²) in [5, 5.41) is 9.17. The number of rotatable bonds is 4. The van der Waals surface area contributed by atoms with Crippen molar-refractivity contribution in [2.24, 2.45) is 0 Å². The van der Waals surface area contributed by atoms with E-state index in [0.29, 0.717) is 12.2 Å². The standard InChI is InChI=1S/C15H18N2O3/c1-9-6-11(7-13(14(9)16)15(18)19)17(3)8-12-5-4-10(2)20-12/h4-7H,8,16H2,1-3H3,(H,18,19). The fraction of sp³-hybridized carbons (Fsp3) is 0.267. The third-order valence-electron chi connectivity index (χ3n) is 3.23. The highest BCUT2D eigenvalue weighted by atomic mass is 16.4. The van der Waals surface area contributed by atoms with Crippen molar-refractivity contribution in [2.45, 2.75) is 20.4 Å². The van der Waals surface area contributed by atoms with Crippen LogP contribution in [0.1, 0.15) is 27.4 Å². The summed E-state index contributed by atoms with van der Waals surface area (Å²) in [6, 6.07) is 7.27. The van der Waals surface area contributed by atoms with Gasteiger partial charge in [0.2, 0.25) is 0 Å². The van der Waals surface area contributed by atoms with Gasteiger partial charge in [0, 0.05) is 18.4 Å². The molecule has 0 bridgehead atoms. The summed E-state index contributed by atoms with van der Waals surface area (Å²) in [6.45, 7) is 4.26. The van der Waals surface area contributed by atoms with Crippen molar-refractivity contribution in [3.8, 4) is 0 Å². The van der Waals surface area contributed by atoms with Crippen LogP contribution in [0.4, 0.5) is 11.4 Å². The lowest BCUT2D eigenvalue weighted by Gasteiger charge is -2.20. The van der Waals surface area contributed by atoms with Crippen molar-refractivity contribution in [1.29, 1.82) is 0 Å². The van der Waals surface area contributed by atoms with E-state index in [1.165, 1.54) is 0 Å². The van der Waals surface area contributed by atoms with Crippen LogP contribution in [-0.4, -0.2) is 18.1 Å². The zero-order chi connectivity index (χ0) is 14.9. The Morgan fingerprint density at radius 3 is 2.60 bits per heavy atom. The quantitative estimate of drug-likeness (QED) is 0.838. The Balaban J connectivity index is 2.30. The van der Waals surface area contributed by atoms with Gasteiger partial charge in [0.15, 0.2) is 0 Å². The molecule has 0 saturated carbocycles. The second kappa shape index (κ2) is 5.28. The number of hydrogen-bond acceptors (Lipinski definition) is 4. The van der Waals surface area contributed by atoms with Gasteiger partial charge in [0.1, 0.15) is 11.5 Å². The monoisotopic (exact) mass is 274 g/mol. The van der Waals surface area contributed by atoms with Gasteiger partial charge in [-0.05, 0) is 43.7 Å². The number of nitrogens with zero attached hydrogens (tertiary/aromatic N) is 1. The molecular formula is C15H18N2O3. The lowest BCUT2D eigenvalue weighted by atomic mass is 10.1. The van der Waals surface area contributed by atoms with Crippen molar-refractivity contribution in [2.75, 3.05) is 17.7 Å². The van der Waals surface area contributed by atoms with Gasteiger partial charge in [0.05, 0.1) is 12.1 Å². The number of anilines is 2. The maximum absolute atomic E-state index is 11.2. The number of carbonyl (C=O) groups is 1. The molecule has 0 aliphatic heterocycles. The molecule has 0 unspecified atom stereocenters. The summed E-state index contributed by atoms with van der Waals surface area (Å²) in [5.41, 5.74) is 7.77. The maximum Gasteiger partial charge on any atom is 0.337 e.